The van der Waals surface area contributed by atoms with Crippen LogP contribution in [0.3, 0.4) is 0 Å². The van der Waals surface area contributed by atoms with E-state index in [4.69, 9.17) is 18.9 Å². The number of carbonyl (C=O) groups is 1. The largest absolute Gasteiger partial charge is 0.493 e. The van der Waals surface area contributed by atoms with Gasteiger partial charge >= 0.3 is 0 Å². The summed E-state index contributed by atoms with van der Waals surface area (Å²) in [5.74, 6) is 1.33. The van der Waals surface area contributed by atoms with Crippen molar-refractivity contribution in [2.45, 2.75) is 11.3 Å². The Labute approximate surface area is 170 Å². The maximum absolute atomic E-state index is 12.5. The Morgan fingerprint density at radius 2 is 1.38 bits per heavy atom. The predicted molar refractivity (Wildman–Crippen MR) is 108 cm³/mol. The molecule has 0 heterocycles. The van der Waals surface area contributed by atoms with Gasteiger partial charge in [-0.2, -0.15) is 0 Å². The molecule has 0 aliphatic carbocycles. The van der Waals surface area contributed by atoms with E-state index in [1.807, 2.05) is 0 Å². The summed E-state index contributed by atoms with van der Waals surface area (Å²) in [6, 6.07) is 9.55. The number of benzene rings is 2. The molecule has 0 aliphatic heterocycles. The molecule has 2 aromatic carbocycles. The van der Waals surface area contributed by atoms with Gasteiger partial charge in [0.25, 0.3) is 0 Å². The lowest BCUT2D eigenvalue weighted by Gasteiger charge is -2.11. The molecule has 0 aliphatic rings. The van der Waals surface area contributed by atoms with E-state index < -0.39 is 9.84 Å². The Morgan fingerprint density at radius 3 is 1.97 bits per heavy atom. The fourth-order valence-corrected chi connectivity index (χ4v) is 3.86. The molecule has 158 valence electrons. The molecule has 2 aromatic rings. The summed E-state index contributed by atoms with van der Waals surface area (Å²) in [6.45, 7) is -0.0111. The average molecular weight is 423 g/mol. The van der Waals surface area contributed by atoms with Crippen molar-refractivity contribution in [3.8, 4) is 23.0 Å². The Hall–Kier alpha value is -2.94. The van der Waals surface area contributed by atoms with Crippen LogP contribution in [0.4, 0.5) is 0 Å². The topological polar surface area (TPSA) is 100 Å². The van der Waals surface area contributed by atoms with E-state index in [1.165, 1.54) is 46.6 Å². The number of hydrogen-bond donors (Lipinski definition) is 1. The molecule has 0 aromatic heterocycles. The maximum atomic E-state index is 12.5. The second-order valence-corrected chi connectivity index (χ2v) is 8.16. The summed E-state index contributed by atoms with van der Waals surface area (Å²) in [6.07, 6.45) is 0.0940. The van der Waals surface area contributed by atoms with E-state index in [-0.39, 0.29) is 29.5 Å². The normalized spacial score (nSPS) is 10.9. The van der Waals surface area contributed by atoms with Crippen molar-refractivity contribution in [3.63, 3.8) is 0 Å². The van der Waals surface area contributed by atoms with Gasteiger partial charge in [-0.15, -0.1) is 0 Å². The number of sulfone groups is 1. The molecular formula is C20H25NO7S. The van der Waals surface area contributed by atoms with Crippen LogP contribution in [0.5, 0.6) is 23.0 Å². The van der Waals surface area contributed by atoms with Gasteiger partial charge in [-0.25, -0.2) is 8.42 Å². The Kier molecular flexibility index (Phi) is 7.72. The predicted octanol–water partition coefficient (Wildman–Crippen LogP) is 1.85. The van der Waals surface area contributed by atoms with Crippen molar-refractivity contribution in [2.75, 3.05) is 40.7 Å². The SMILES string of the molecule is COc1ccc(CC(=O)NCCS(=O)(=O)c2ccc(OC)c(OC)c2)cc1OC. The number of amides is 1. The Balaban J connectivity index is 1.95. The van der Waals surface area contributed by atoms with Crippen LogP contribution >= 0.6 is 0 Å². The average Bonchev–Trinajstić information content (AvgIpc) is 2.72. The summed E-state index contributed by atoms with van der Waals surface area (Å²) < 4.78 is 45.7. The van der Waals surface area contributed by atoms with Crippen LogP contribution in [0, 0.1) is 0 Å². The minimum Gasteiger partial charge on any atom is -0.493 e. The Bertz CT molecular complexity index is 957. The van der Waals surface area contributed by atoms with Gasteiger partial charge in [0.15, 0.2) is 32.8 Å². The number of ether oxygens (including phenoxy) is 4. The van der Waals surface area contributed by atoms with E-state index in [9.17, 15) is 13.2 Å². The third-order valence-corrected chi connectivity index (χ3v) is 5.93. The van der Waals surface area contributed by atoms with E-state index in [0.29, 0.717) is 23.0 Å². The first-order valence-electron chi connectivity index (χ1n) is 8.77. The van der Waals surface area contributed by atoms with Crippen molar-refractivity contribution in [1.82, 2.24) is 5.32 Å². The lowest BCUT2D eigenvalue weighted by Crippen LogP contribution is -2.30. The molecule has 9 heteroatoms. The summed E-state index contributed by atoms with van der Waals surface area (Å²) in [5.41, 5.74) is 0.725. The first-order chi connectivity index (χ1) is 13.8. The summed E-state index contributed by atoms with van der Waals surface area (Å²) in [4.78, 5) is 12.3. The lowest BCUT2D eigenvalue weighted by molar-refractivity contribution is -0.120. The van der Waals surface area contributed by atoms with Crippen molar-refractivity contribution in [1.29, 1.82) is 0 Å². The van der Waals surface area contributed by atoms with Crippen molar-refractivity contribution >= 4 is 15.7 Å². The quantitative estimate of drug-likeness (QED) is 0.622. The maximum Gasteiger partial charge on any atom is 0.224 e. The van der Waals surface area contributed by atoms with Crippen LogP contribution in [0.2, 0.25) is 0 Å². The van der Waals surface area contributed by atoms with Gasteiger partial charge in [-0.05, 0) is 29.8 Å². The summed E-state index contributed by atoms with van der Waals surface area (Å²) in [5, 5.41) is 2.63. The number of methoxy groups -OCH3 is 4. The summed E-state index contributed by atoms with van der Waals surface area (Å²) >= 11 is 0. The molecule has 0 fully saturated rings. The first kappa shape index (κ1) is 22.4. The van der Waals surface area contributed by atoms with Crippen LogP contribution in [-0.4, -0.2) is 55.1 Å². The van der Waals surface area contributed by atoms with Crippen molar-refractivity contribution in [3.05, 3.63) is 42.0 Å². The third-order valence-electron chi connectivity index (χ3n) is 4.22. The lowest BCUT2D eigenvalue weighted by atomic mass is 10.1. The van der Waals surface area contributed by atoms with Gasteiger partial charge in [0.05, 0.1) is 45.5 Å². The third kappa shape index (κ3) is 5.77. The molecule has 1 amide bonds. The van der Waals surface area contributed by atoms with Crippen LogP contribution in [0.25, 0.3) is 0 Å². The zero-order chi connectivity index (χ0) is 21.4. The van der Waals surface area contributed by atoms with E-state index in [2.05, 4.69) is 5.32 Å². The number of hydrogen-bond acceptors (Lipinski definition) is 7. The fraction of sp³-hybridized carbons (Fsp3) is 0.350. The molecule has 0 saturated carbocycles. The summed E-state index contributed by atoms with van der Waals surface area (Å²) in [7, 11) is 2.36. The molecule has 0 spiro atoms. The molecule has 8 nitrogen and oxygen atoms in total. The second kappa shape index (κ2) is 10.0. The van der Waals surface area contributed by atoms with Gasteiger partial charge in [0.1, 0.15) is 0 Å². The molecule has 0 saturated heterocycles. The molecule has 2 rings (SSSR count). The number of carbonyl (C=O) groups excluding carboxylic acids is 1. The molecule has 0 radical (unpaired) electrons. The van der Waals surface area contributed by atoms with E-state index >= 15 is 0 Å². The number of nitrogens with one attached hydrogen (secondary N) is 1. The van der Waals surface area contributed by atoms with E-state index in [1.54, 1.807) is 18.2 Å². The highest BCUT2D eigenvalue weighted by atomic mass is 32.2. The Morgan fingerprint density at radius 1 is 0.828 bits per heavy atom. The zero-order valence-electron chi connectivity index (χ0n) is 16.9. The minimum absolute atomic E-state index is 0.0111. The molecule has 29 heavy (non-hydrogen) atoms. The second-order valence-electron chi connectivity index (χ2n) is 6.05. The molecule has 0 bridgehead atoms. The van der Waals surface area contributed by atoms with Crippen molar-refractivity contribution < 1.29 is 32.2 Å². The zero-order valence-corrected chi connectivity index (χ0v) is 17.7. The van der Waals surface area contributed by atoms with Gasteiger partial charge in [-0.1, -0.05) is 6.07 Å². The van der Waals surface area contributed by atoms with Crippen LogP contribution in [0.15, 0.2) is 41.3 Å². The van der Waals surface area contributed by atoms with Gasteiger partial charge in [0, 0.05) is 12.6 Å². The van der Waals surface area contributed by atoms with Gasteiger partial charge in [-0.3, -0.25) is 4.79 Å². The highest BCUT2D eigenvalue weighted by molar-refractivity contribution is 7.91. The standard InChI is InChI=1S/C20H25NO7S/c1-25-16-7-5-14(11-18(16)27-3)12-20(22)21-9-10-29(23,24)15-6-8-17(26-2)19(13-15)28-4/h5-8,11,13H,9-10,12H2,1-4H3,(H,21,22). The van der Waals surface area contributed by atoms with Gasteiger partial charge in [0.2, 0.25) is 5.91 Å². The van der Waals surface area contributed by atoms with Crippen LogP contribution in [0.1, 0.15) is 5.56 Å². The van der Waals surface area contributed by atoms with Crippen LogP contribution in [-0.2, 0) is 21.1 Å². The smallest absolute Gasteiger partial charge is 0.224 e. The van der Waals surface area contributed by atoms with Crippen molar-refractivity contribution in [2.24, 2.45) is 0 Å². The molecule has 1 N–H and O–H groups in total. The first-order valence-corrected chi connectivity index (χ1v) is 10.4. The van der Waals surface area contributed by atoms with Gasteiger partial charge < -0.3 is 24.3 Å². The number of rotatable bonds is 10. The molecule has 0 atom stereocenters. The van der Waals surface area contributed by atoms with Crippen LogP contribution < -0.4 is 24.3 Å². The molecule has 0 unspecified atom stereocenters. The molecular weight excluding hydrogens is 398 g/mol. The highest BCUT2D eigenvalue weighted by Crippen LogP contribution is 2.30. The minimum atomic E-state index is -3.59. The highest BCUT2D eigenvalue weighted by Gasteiger charge is 2.18. The fourth-order valence-electron chi connectivity index (χ4n) is 2.69. The van der Waals surface area contributed by atoms with E-state index in [0.717, 1.165) is 5.56 Å². The monoisotopic (exact) mass is 423 g/mol.